The summed E-state index contributed by atoms with van der Waals surface area (Å²) in [7, 11) is 1.38. The second-order valence-corrected chi connectivity index (χ2v) is 5.89. The molecule has 1 aromatic heterocycles. The Balaban J connectivity index is 2.64. The molecule has 0 amide bonds. The van der Waals surface area contributed by atoms with Gasteiger partial charge in [0.2, 0.25) is 0 Å². The third-order valence-corrected chi connectivity index (χ3v) is 4.53. The molecule has 0 spiro atoms. The fraction of sp³-hybridized carbons (Fsp3) is 0.312. The van der Waals surface area contributed by atoms with Crippen molar-refractivity contribution in [1.82, 2.24) is 0 Å². The van der Waals surface area contributed by atoms with Gasteiger partial charge in [0.25, 0.3) is 0 Å². The third-order valence-electron chi connectivity index (χ3n) is 3.26. The molecule has 2 rings (SSSR count). The predicted molar refractivity (Wildman–Crippen MR) is 84.4 cm³/mol. The molecule has 0 aliphatic rings. The van der Waals surface area contributed by atoms with E-state index in [1.54, 1.807) is 0 Å². The van der Waals surface area contributed by atoms with E-state index in [1.807, 2.05) is 6.92 Å². The van der Waals surface area contributed by atoms with E-state index in [9.17, 15) is 4.79 Å². The predicted octanol–water partition coefficient (Wildman–Crippen LogP) is 3.96. The number of hydrogen-bond acceptors (Lipinski definition) is 4. The van der Waals surface area contributed by atoms with Crippen molar-refractivity contribution in [2.75, 3.05) is 12.8 Å². The summed E-state index contributed by atoms with van der Waals surface area (Å²) in [5.74, 6) is -0.363. The van der Waals surface area contributed by atoms with Crippen LogP contribution in [0.5, 0.6) is 0 Å². The lowest BCUT2D eigenvalue weighted by Gasteiger charge is -2.05. The number of nitrogen functional groups attached to an aromatic ring is 1. The first-order valence-corrected chi connectivity index (χ1v) is 7.37. The van der Waals surface area contributed by atoms with Gasteiger partial charge in [0.1, 0.15) is 4.88 Å². The Morgan fingerprint density at radius 1 is 1.25 bits per heavy atom. The highest BCUT2D eigenvalue weighted by Gasteiger charge is 2.21. The summed E-state index contributed by atoms with van der Waals surface area (Å²) >= 11 is 1.41. The van der Waals surface area contributed by atoms with E-state index < -0.39 is 0 Å². The highest BCUT2D eigenvalue weighted by atomic mass is 32.1. The summed E-state index contributed by atoms with van der Waals surface area (Å²) in [6.07, 6.45) is 0.793. The first-order valence-electron chi connectivity index (χ1n) is 6.56. The molecular weight excluding hydrogens is 270 g/mol. The normalized spacial score (nSPS) is 10.6. The van der Waals surface area contributed by atoms with E-state index in [4.69, 9.17) is 10.5 Å². The van der Waals surface area contributed by atoms with Gasteiger partial charge in [0, 0.05) is 4.88 Å². The molecule has 0 saturated carbocycles. The highest BCUT2D eigenvalue weighted by Crippen LogP contribution is 2.39. The van der Waals surface area contributed by atoms with Crippen LogP contribution in [0.15, 0.2) is 18.2 Å². The number of carbonyl (C=O) groups excluding carboxylic acids is 1. The fourth-order valence-electron chi connectivity index (χ4n) is 2.41. The number of rotatable bonds is 3. The molecule has 0 aliphatic carbocycles. The largest absolute Gasteiger partial charge is 0.465 e. The molecule has 1 heterocycles. The number of aryl methyl sites for hydroxylation is 2. The smallest absolute Gasteiger partial charge is 0.350 e. The first kappa shape index (κ1) is 14.6. The summed E-state index contributed by atoms with van der Waals surface area (Å²) < 4.78 is 4.80. The maximum Gasteiger partial charge on any atom is 0.350 e. The molecule has 0 radical (unpaired) electrons. The van der Waals surface area contributed by atoms with Gasteiger partial charge in [0.05, 0.1) is 12.8 Å². The van der Waals surface area contributed by atoms with Gasteiger partial charge in [0.15, 0.2) is 0 Å². The monoisotopic (exact) mass is 289 g/mol. The summed E-state index contributed by atoms with van der Waals surface area (Å²) in [6, 6.07) is 6.38. The van der Waals surface area contributed by atoms with E-state index in [0.29, 0.717) is 10.6 Å². The minimum atomic E-state index is -0.363. The van der Waals surface area contributed by atoms with Crippen LogP contribution in [0.4, 0.5) is 5.69 Å². The summed E-state index contributed by atoms with van der Waals surface area (Å²) in [5, 5.41) is 0. The van der Waals surface area contributed by atoms with Crippen LogP contribution in [0.1, 0.15) is 33.3 Å². The number of esters is 1. The zero-order valence-corrected chi connectivity index (χ0v) is 13.1. The second-order valence-electron chi connectivity index (χ2n) is 4.87. The van der Waals surface area contributed by atoms with Crippen molar-refractivity contribution in [3.8, 4) is 10.4 Å². The Morgan fingerprint density at radius 2 is 1.85 bits per heavy atom. The van der Waals surface area contributed by atoms with Crippen LogP contribution < -0.4 is 5.73 Å². The van der Waals surface area contributed by atoms with Crippen LogP contribution in [0.3, 0.4) is 0 Å². The van der Waals surface area contributed by atoms with Crippen molar-refractivity contribution in [3.05, 3.63) is 39.8 Å². The number of nitrogens with two attached hydrogens (primary N) is 1. The highest BCUT2D eigenvalue weighted by molar-refractivity contribution is 7.18. The molecule has 4 heteroatoms. The fourth-order valence-corrected chi connectivity index (χ4v) is 3.63. The van der Waals surface area contributed by atoms with E-state index in [-0.39, 0.29) is 5.97 Å². The average molecular weight is 289 g/mol. The Labute approximate surface area is 123 Å². The van der Waals surface area contributed by atoms with Gasteiger partial charge in [-0.15, -0.1) is 11.3 Å². The lowest BCUT2D eigenvalue weighted by atomic mass is 10.0. The standard InChI is InChI=1S/C16H19NO2S/c1-5-12-13(17)15(16(18)19-4)20-14(12)11-7-9(2)6-10(3)8-11/h6-8H,5,17H2,1-4H3. The molecular formula is C16H19NO2S. The molecule has 0 fully saturated rings. The van der Waals surface area contributed by atoms with Crippen LogP contribution in [0.25, 0.3) is 10.4 Å². The summed E-state index contributed by atoms with van der Waals surface area (Å²) in [5.41, 5.74) is 11.2. The molecule has 0 unspecified atom stereocenters. The Bertz CT molecular complexity index is 638. The number of hydrogen-bond donors (Lipinski definition) is 1. The van der Waals surface area contributed by atoms with Gasteiger partial charge < -0.3 is 10.5 Å². The van der Waals surface area contributed by atoms with E-state index in [2.05, 4.69) is 32.0 Å². The molecule has 20 heavy (non-hydrogen) atoms. The molecule has 0 aliphatic heterocycles. The zero-order valence-electron chi connectivity index (χ0n) is 12.2. The van der Waals surface area contributed by atoms with Crippen LogP contribution in [-0.4, -0.2) is 13.1 Å². The number of carbonyl (C=O) groups is 1. The lowest BCUT2D eigenvalue weighted by Crippen LogP contribution is -2.02. The topological polar surface area (TPSA) is 52.3 Å². The maximum atomic E-state index is 11.8. The van der Waals surface area contributed by atoms with Gasteiger partial charge in [-0.25, -0.2) is 4.79 Å². The van der Waals surface area contributed by atoms with Gasteiger partial charge in [-0.2, -0.15) is 0 Å². The van der Waals surface area contributed by atoms with Crippen molar-refractivity contribution in [3.63, 3.8) is 0 Å². The Kier molecular flexibility index (Phi) is 4.14. The molecule has 2 N–H and O–H groups in total. The first-order chi connectivity index (χ1) is 9.47. The quantitative estimate of drug-likeness (QED) is 0.870. The minimum absolute atomic E-state index is 0.363. The maximum absolute atomic E-state index is 11.8. The van der Waals surface area contributed by atoms with Gasteiger partial charge in [-0.1, -0.05) is 36.2 Å². The SMILES string of the molecule is CCc1c(-c2cc(C)cc(C)c2)sc(C(=O)OC)c1N. The van der Waals surface area contributed by atoms with Gasteiger partial charge in [-0.05, 0) is 31.4 Å². The van der Waals surface area contributed by atoms with E-state index in [1.165, 1.54) is 29.6 Å². The molecule has 0 atom stereocenters. The molecule has 106 valence electrons. The van der Waals surface area contributed by atoms with Crippen molar-refractivity contribution in [2.24, 2.45) is 0 Å². The van der Waals surface area contributed by atoms with Crippen LogP contribution in [0.2, 0.25) is 0 Å². The van der Waals surface area contributed by atoms with Crippen LogP contribution in [0, 0.1) is 13.8 Å². The van der Waals surface area contributed by atoms with Crippen molar-refractivity contribution < 1.29 is 9.53 Å². The van der Waals surface area contributed by atoms with Crippen LogP contribution >= 0.6 is 11.3 Å². The summed E-state index contributed by atoms with van der Waals surface area (Å²) in [6.45, 7) is 6.19. The Hall–Kier alpha value is -1.81. The van der Waals surface area contributed by atoms with E-state index in [0.717, 1.165) is 22.4 Å². The molecule has 0 bridgehead atoms. The van der Waals surface area contributed by atoms with Crippen molar-refractivity contribution in [2.45, 2.75) is 27.2 Å². The minimum Gasteiger partial charge on any atom is -0.465 e. The Morgan fingerprint density at radius 3 is 2.35 bits per heavy atom. The summed E-state index contributed by atoms with van der Waals surface area (Å²) in [4.78, 5) is 13.4. The van der Waals surface area contributed by atoms with Crippen molar-refractivity contribution >= 4 is 23.0 Å². The third kappa shape index (κ3) is 2.56. The average Bonchev–Trinajstić information content (AvgIpc) is 2.73. The van der Waals surface area contributed by atoms with Gasteiger partial charge in [-0.3, -0.25) is 0 Å². The van der Waals surface area contributed by atoms with Gasteiger partial charge >= 0.3 is 5.97 Å². The lowest BCUT2D eigenvalue weighted by molar-refractivity contribution is 0.0607. The zero-order chi connectivity index (χ0) is 14.9. The van der Waals surface area contributed by atoms with Crippen LogP contribution in [-0.2, 0) is 11.2 Å². The number of ether oxygens (including phenoxy) is 1. The number of benzene rings is 1. The number of methoxy groups -OCH3 is 1. The number of thiophene rings is 1. The molecule has 2 aromatic rings. The molecule has 0 saturated heterocycles. The molecule has 3 nitrogen and oxygen atoms in total. The van der Waals surface area contributed by atoms with E-state index >= 15 is 0 Å². The van der Waals surface area contributed by atoms with Crippen molar-refractivity contribution in [1.29, 1.82) is 0 Å². The molecule has 1 aromatic carbocycles. The second kappa shape index (κ2) is 5.67. The number of anilines is 1.